The van der Waals surface area contributed by atoms with E-state index >= 15 is 0 Å². The van der Waals surface area contributed by atoms with Crippen molar-refractivity contribution in [2.24, 2.45) is 11.8 Å². The molecule has 1 aliphatic rings. The van der Waals surface area contributed by atoms with Crippen LogP contribution in [-0.2, 0) is 11.2 Å². The highest BCUT2D eigenvalue weighted by atomic mass is 16.4. The number of anilines is 1. The molecule has 0 spiro atoms. The summed E-state index contributed by atoms with van der Waals surface area (Å²) in [6.07, 6.45) is 3.93. The molecule has 2 aromatic heterocycles. The molecule has 3 heterocycles. The summed E-state index contributed by atoms with van der Waals surface area (Å²) in [5.74, 6) is -0.250. The van der Waals surface area contributed by atoms with Crippen LogP contribution in [0.4, 0.5) is 5.82 Å². The Bertz CT molecular complexity index is 712. The Morgan fingerprint density at radius 3 is 2.81 bits per heavy atom. The van der Waals surface area contributed by atoms with Crippen LogP contribution in [-0.4, -0.2) is 55.8 Å². The first-order valence-corrected chi connectivity index (χ1v) is 9.41. The standard InChI is InChI=1S/C18H27N7O2/c1-11(2)7-15(18(26)27)14(17-22-24-25-23-17)8-12-3-4-16(20-9-12)21-13-5-6-19-10-13/h3-4,9,11,13-15,19H,5-8,10H2,1-2H3,(H,20,21)(H,26,27)(H,22,23,24,25). The highest BCUT2D eigenvalue weighted by Gasteiger charge is 2.33. The van der Waals surface area contributed by atoms with Crippen molar-refractivity contribution in [1.82, 2.24) is 30.9 Å². The molecule has 1 saturated heterocycles. The third-order valence-corrected chi connectivity index (χ3v) is 4.91. The Hall–Kier alpha value is -2.55. The van der Waals surface area contributed by atoms with Crippen molar-refractivity contribution in [3.05, 3.63) is 29.7 Å². The number of carboxylic acid groups (broad SMARTS) is 1. The van der Waals surface area contributed by atoms with E-state index in [0.717, 1.165) is 30.9 Å². The van der Waals surface area contributed by atoms with Gasteiger partial charge in [-0.15, -0.1) is 10.2 Å². The average Bonchev–Trinajstić information content (AvgIpc) is 3.33. The number of aromatic amines is 1. The Labute approximate surface area is 158 Å². The monoisotopic (exact) mass is 373 g/mol. The molecule has 0 aliphatic carbocycles. The van der Waals surface area contributed by atoms with Crippen LogP contribution in [0.15, 0.2) is 18.3 Å². The Morgan fingerprint density at radius 2 is 2.26 bits per heavy atom. The maximum Gasteiger partial charge on any atom is 0.307 e. The van der Waals surface area contributed by atoms with Crippen LogP contribution >= 0.6 is 0 Å². The third-order valence-electron chi connectivity index (χ3n) is 4.91. The minimum absolute atomic E-state index is 0.255. The van der Waals surface area contributed by atoms with Crippen LogP contribution < -0.4 is 10.6 Å². The van der Waals surface area contributed by atoms with Crippen molar-refractivity contribution in [2.45, 2.75) is 45.1 Å². The fraction of sp³-hybridized carbons (Fsp3) is 0.611. The van der Waals surface area contributed by atoms with Gasteiger partial charge in [0.05, 0.1) is 5.92 Å². The fourth-order valence-corrected chi connectivity index (χ4v) is 3.56. The summed E-state index contributed by atoms with van der Waals surface area (Å²) in [6.45, 7) is 6.00. The Kier molecular flexibility index (Phi) is 6.33. The fourth-order valence-electron chi connectivity index (χ4n) is 3.56. The van der Waals surface area contributed by atoms with Gasteiger partial charge < -0.3 is 15.7 Å². The second-order valence-corrected chi connectivity index (χ2v) is 7.54. The molecule has 3 rings (SSSR count). The molecule has 0 bridgehead atoms. The van der Waals surface area contributed by atoms with E-state index in [1.54, 1.807) is 6.20 Å². The lowest BCUT2D eigenvalue weighted by Gasteiger charge is -2.23. The van der Waals surface area contributed by atoms with Gasteiger partial charge >= 0.3 is 5.97 Å². The van der Waals surface area contributed by atoms with Crippen LogP contribution in [0, 0.1) is 11.8 Å². The molecule has 0 saturated carbocycles. The lowest BCUT2D eigenvalue weighted by molar-refractivity contribution is -0.143. The number of nitrogens with zero attached hydrogens (tertiary/aromatic N) is 4. The van der Waals surface area contributed by atoms with Crippen molar-refractivity contribution >= 4 is 11.8 Å². The molecule has 0 radical (unpaired) electrons. The van der Waals surface area contributed by atoms with Crippen molar-refractivity contribution in [1.29, 1.82) is 0 Å². The number of hydrogen-bond acceptors (Lipinski definition) is 7. The van der Waals surface area contributed by atoms with Gasteiger partial charge in [-0.3, -0.25) is 4.79 Å². The molecule has 146 valence electrons. The van der Waals surface area contributed by atoms with E-state index in [2.05, 4.69) is 36.2 Å². The number of nitrogens with one attached hydrogen (secondary N) is 3. The number of aromatic nitrogens is 5. The maximum atomic E-state index is 11.9. The lowest BCUT2D eigenvalue weighted by atomic mass is 9.81. The normalized spacial score (nSPS) is 19.1. The van der Waals surface area contributed by atoms with E-state index in [1.807, 2.05) is 26.0 Å². The maximum absolute atomic E-state index is 11.9. The summed E-state index contributed by atoms with van der Waals surface area (Å²) >= 11 is 0. The molecule has 0 aromatic carbocycles. The Morgan fingerprint density at radius 1 is 1.41 bits per heavy atom. The van der Waals surface area contributed by atoms with E-state index < -0.39 is 11.9 Å². The summed E-state index contributed by atoms with van der Waals surface area (Å²) in [7, 11) is 0. The highest BCUT2D eigenvalue weighted by Crippen LogP contribution is 2.31. The molecule has 27 heavy (non-hydrogen) atoms. The van der Waals surface area contributed by atoms with Crippen LogP contribution in [0.2, 0.25) is 0 Å². The van der Waals surface area contributed by atoms with Gasteiger partial charge in [0.15, 0.2) is 5.82 Å². The first-order chi connectivity index (χ1) is 13.0. The molecule has 9 nitrogen and oxygen atoms in total. The van der Waals surface area contributed by atoms with E-state index in [1.165, 1.54) is 0 Å². The van der Waals surface area contributed by atoms with E-state index in [-0.39, 0.29) is 11.8 Å². The third kappa shape index (κ3) is 5.22. The molecule has 3 unspecified atom stereocenters. The van der Waals surface area contributed by atoms with Crippen LogP contribution in [0.3, 0.4) is 0 Å². The molecule has 9 heteroatoms. The van der Waals surface area contributed by atoms with Crippen LogP contribution in [0.25, 0.3) is 0 Å². The molecule has 4 N–H and O–H groups in total. The molecular formula is C18H27N7O2. The summed E-state index contributed by atoms with van der Waals surface area (Å²) in [6, 6.07) is 4.33. The van der Waals surface area contributed by atoms with E-state index in [0.29, 0.717) is 24.7 Å². The molecular weight excluding hydrogens is 346 g/mol. The Balaban J connectivity index is 1.74. The van der Waals surface area contributed by atoms with Crippen molar-refractivity contribution in [2.75, 3.05) is 18.4 Å². The minimum Gasteiger partial charge on any atom is -0.481 e. The van der Waals surface area contributed by atoms with Gasteiger partial charge in [-0.05, 0) is 43.4 Å². The van der Waals surface area contributed by atoms with Gasteiger partial charge in [-0.25, -0.2) is 4.98 Å². The van der Waals surface area contributed by atoms with Gasteiger partial charge in [-0.1, -0.05) is 25.1 Å². The predicted octanol–water partition coefficient (Wildman–Crippen LogP) is 1.44. The molecule has 2 aromatic rings. The van der Waals surface area contributed by atoms with Crippen molar-refractivity contribution < 1.29 is 9.90 Å². The molecule has 0 amide bonds. The second kappa shape index (κ2) is 8.90. The quantitative estimate of drug-likeness (QED) is 0.520. The smallest absolute Gasteiger partial charge is 0.307 e. The topological polar surface area (TPSA) is 129 Å². The van der Waals surface area contributed by atoms with Gasteiger partial charge in [0.25, 0.3) is 0 Å². The van der Waals surface area contributed by atoms with Gasteiger partial charge in [-0.2, -0.15) is 5.21 Å². The van der Waals surface area contributed by atoms with Gasteiger partial charge in [0, 0.05) is 24.7 Å². The van der Waals surface area contributed by atoms with Crippen molar-refractivity contribution in [3.8, 4) is 0 Å². The summed E-state index contributed by atoms with van der Waals surface area (Å²) in [5, 5.41) is 30.7. The SMILES string of the molecule is CC(C)CC(C(=O)O)C(Cc1ccc(NC2CCNC2)nc1)c1nn[nH]n1. The summed E-state index contributed by atoms with van der Waals surface area (Å²) in [5.41, 5.74) is 0.954. The first kappa shape index (κ1) is 19.2. The number of aliphatic carboxylic acids is 1. The predicted molar refractivity (Wildman–Crippen MR) is 100 cm³/mol. The highest BCUT2D eigenvalue weighted by molar-refractivity contribution is 5.71. The number of rotatable bonds is 9. The number of tetrazole rings is 1. The molecule has 1 aliphatic heterocycles. The largest absolute Gasteiger partial charge is 0.481 e. The number of carboxylic acids is 1. The zero-order valence-corrected chi connectivity index (χ0v) is 15.7. The van der Waals surface area contributed by atoms with Gasteiger partial charge in [0.1, 0.15) is 5.82 Å². The van der Waals surface area contributed by atoms with Crippen molar-refractivity contribution in [3.63, 3.8) is 0 Å². The molecule has 3 atom stereocenters. The minimum atomic E-state index is -0.835. The molecule has 1 fully saturated rings. The zero-order valence-electron chi connectivity index (χ0n) is 15.7. The van der Waals surface area contributed by atoms with Gasteiger partial charge in [0.2, 0.25) is 0 Å². The zero-order chi connectivity index (χ0) is 19.2. The number of hydrogen-bond donors (Lipinski definition) is 4. The first-order valence-electron chi connectivity index (χ1n) is 9.41. The summed E-state index contributed by atoms with van der Waals surface area (Å²) < 4.78 is 0. The lowest BCUT2D eigenvalue weighted by Crippen LogP contribution is -2.26. The summed E-state index contributed by atoms with van der Waals surface area (Å²) in [4.78, 5) is 16.4. The number of pyridine rings is 1. The number of carbonyl (C=O) groups is 1. The second-order valence-electron chi connectivity index (χ2n) is 7.54. The number of H-pyrrole nitrogens is 1. The van der Waals surface area contributed by atoms with Crippen LogP contribution in [0.1, 0.15) is 44.0 Å². The van der Waals surface area contributed by atoms with E-state index in [4.69, 9.17) is 0 Å². The average molecular weight is 373 g/mol. The van der Waals surface area contributed by atoms with Crippen LogP contribution in [0.5, 0.6) is 0 Å². The van der Waals surface area contributed by atoms with E-state index in [9.17, 15) is 9.90 Å².